The number of carbonyl (C=O) groups is 2. The van der Waals surface area contributed by atoms with Crippen molar-refractivity contribution < 1.29 is 14.3 Å². The number of aromatic nitrogens is 2. The number of amides is 1. The predicted molar refractivity (Wildman–Crippen MR) is 106 cm³/mol. The number of rotatable bonds is 6. The third-order valence-corrected chi connectivity index (χ3v) is 4.10. The van der Waals surface area contributed by atoms with Crippen molar-refractivity contribution in [2.45, 2.75) is 13.0 Å². The van der Waals surface area contributed by atoms with Gasteiger partial charge in [-0.3, -0.25) is 4.79 Å². The summed E-state index contributed by atoms with van der Waals surface area (Å²) >= 11 is 0. The summed E-state index contributed by atoms with van der Waals surface area (Å²) in [6.07, 6.45) is 2.90. The molecule has 142 valence electrons. The number of benzene rings is 2. The molecule has 1 aromatic heterocycles. The van der Waals surface area contributed by atoms with Gasteiger partial charge >= 0.3 is 5.97 Å². The molecule has 0 fully saturated rings. The van der Waals surface area contributed by atoms with Crippen LogP contribution in [0.2, 0.25) is 0 Å². The summed E-state index contributed by atoms with van der Waals surface area (Å²) < 4.78 is 4.68. The molecule has 1 heterocycles. The van der Waals surface area contributed by atoms with Gasteiger partial charge in [-0.2, -0.15) is 0 Å². The van der Waals surface area contributed by atoms with E-state index in [9.17, 15) is 9.59 Å². The zero-order valence-electron chi connectivity index (χ0n) is 15.5. The fourth-order valence-corrected chi connectivity index (χ4v) is 2.58. The van der Waals surface area contributed by atoms with E-state index in [-0.39, 0.29) is 11.9 Å². The highest BCUT2D eigenvalue weighted by Gasteiger charge is 2.11. The Labute approximate surface area is 162 Å². The van der Waals surface area contributed by atoms with Crippen molar-refractivity contribution in [2.75, 3.05) is 17.7 Å². The maximum Gasteiger partial charge on any atom is 0.337 e. The van der Waals surface area contributed by atoms with E-state index >= 15 is 0 Å². The Morgan fingerprint density at radius 3 is 2.36 bits per heavy atom. The molecule has 0 aliphatic rings. The van der Waals surface area contributed by atoms with E-state index in [0.29, 0.717) is 22.8 Å². The van der Waals surface area contributed by atoms with Gasteiger partial charge in [-0.1, -0.05) is 36.4 Å². The molecule has 1 atom stereocenters. The summed E-state index contributed by atoms with van der Waals surface area (Å²) in [7, 11) is 1.30. The molecule has 0 radical (unpaired) electrons. The van der Waals surface area contributed by atoms with Crippen molar-refractivity contribution in [1.82, 2.24) is 9.97 Å². The van der Waals surface area contributed by atoms with E-state index in [4.69, 9.17) is 0 Å². The Balaban J connectivity index is 1.65. The van der Waals surface area contributed by atoms with E-state index < -0.39 is 5.97 Å². The molecule has 1 amide bonds. The fraction of sp³-hybridized carbons (Fsp3) is 0.143. The second kappa shape index (κ2) is 8.77. The van der Waals surface area contributed by atoms with Crippen LogP contribution >= 0.6 is 0 Å². The van der Waals surface area contributed by atoms with Crippen molar-refractivity contribution >= 4 is 23.5 Å². The van der Waals surface area contributed by atoms with Crippen LogP contribution in [-0.4, -0.2) is 29.0 Å². The van der Waals surface area contributed by atoms with Gasteiger partial charge in [-0.25, -0.2) is 14.8 Å². The molecule has 2 N–H and O–H groups in total. The molecule has 0 bridgehead atoms. The average molecular weight is 376 g/mol. The Morgan fingerprint density at radius 2 is 1.68 bits per heavy atom. The van der Waals surface area contributed by atoms with Crippen molar-refractivity contribution in [3.05, 3.63) is 83.7 Å². The third-order valence-electron chi connectivity index (χ3n) is 4.10. The molecule has 0 saturated carbocycles. The summed E-state index contributed by atoms with van der Waals surface area (Å²) in [5.41, 5.74) is 2.25. The molecule has 28 heavy (non-hydrogen) atoms. The lowest BCUT2D eigenvalue weighted by atomic mass is 10.1. The Kier molecular flexibility index (Phi) is 5.96. The first-order chi connectivity index (χ1) is 13.6. The molecular formula is C21H20N4O3. The first-order valence-electron chi connectivity index (χ1n) is 8.70. The molecule has 2 aromatic carbocycles. The maximum absolute atomic E-state index is 12.4. The SMILES string of the molecule is COC(=O)c1cccc(NC(=O)c2cnc(NC(C)c3ccccc3)nc2)c1. The monoisotopic (exact) mass is 376 g/mol. The summed E-state index contributed by atoms with van der Waals surface area (Å²) in [6, 6.07) is 16.5. The largest absolute Gasteiger partial charge is 0.465 e. The number of hydrogen-bond acceptors (Lipinski definition) is 6. The Bertz CT molecular complexity index is 959. The van der Waals surface area contributed by atoms with Crippen LogP contribution in [0.5, 0.6) is 0 Å². The lowest BCUT2D eigenvalue weighted by molar-refractivity contribution is 0.0600. The first-order valence-corrected chi connectivity index (χ1v) is 8.70. The minimum Gasteiger partial charge on any atom is -0.465 e. The van der Waals surface area contributed by atoms with Crippen LogP contribution in [0.3, 0.4) is 0 Å². The van der Waals surface area contributed by atoms with E-state index in [1.54, 1.807) is 24.3 Å². The van der Waals surface area contributed by atoms with Gasteiger partial charge in [0, 0.05) is 18.1 Å². The van der Waals surface area contributed by atoms with Crippen molar-refractivity contribution in [3.63, 3.8) is 0 Å². The van der Waals surface area contributed by atoms with Gasteiger partial charge in [0.25, 0.3) is 5.91 Å². The standard InChI is InChI=1S/C21H20N4O3/c1-14(15-7-4-3-5-8-15)24-21-22-12-17(13-23-21)19(26)25-18-10-6-9-16(11-18)20(27)28-2/h3-14H,1-2H3,(H,25,26)(H,22,23,24). The summed E-state index contributed by atoms with van der Waals surface area (Å²) in [6.45, 7) is 2.01. The maximum atomic E-state index is 12.4. The number of anilines is 2. The second-order valence-corrected chi connectivity index (χ2v) is 6.10. The lowest BCUT2D eigenvalue weighted by Crippen LogP contribution is -2.15. The minimum absolute atomic E-state index is 0.0296. The van der Waals surface area contributed by atoms with E-state index in [1.165, 1.54) is 19.5 Å². The lowest BCUT2D eigenvalue weighted by Gasteiger charge is -2.14. The summed E-state index contributed by atoms with van der Waals surface area (Å²) in [5.74, 6) is -0.410. The van der Waals surface area contributed by atoms with Crippen molar-refractivity contribution in [1.29, 1.82) is 0 Å². The van der Waals surface area contributed by atoms with Gasteiger partial charge in [-0.15, -0.1) is 0 Å². The number of carbonyl (C=O) groups excluding carboxylic acids is 2. The van der Waals surface area contributed by atoms with E-state index in [0.717, 1.165) is 5.56 Å². The molecule has 7 nitrogen and oxygen atoms in total. The van der Waals surface area contributed by atoms with E-state index in [1.807, 2.05) is 37.3 Å². The highest BCUT2D eigenvalue weighted by atomic mass is 16.5. The number of nitrogens with zero attached hydrogens (tertiary/aromatic N) is 2. The number of hydrogen-bond donors (Lipinski definition) is 2. The quantitative estimate of drug-likeness (QED) is 0.638. The number of methoxy groups -OCH3 is 1. The smallest absolute Gasteiger partial charge is 0.337 e. The minimum atomic E-state index is -0.470. The van der Waals surface area contributed by atoms with Gasteiger partial charge < -0.3 is 15.4 Å². The van der Waals surface area contributed by atoms with Crippen LogP contribution in [0, 0.1) is 0 Å². The van der Waals surface area contributed by atoms with Gasteiger partial charge in [0.15, 0.2) is 0 Å². The molecule has 0 aliphatic heterocycles. The van der Waals surface area contributed by atoms with Crippen molar-refractivity contribution in [3.8, 4) is 0 Å². The molecule has 0 spiro atoms. The zero-order valence-corrected chi connectivity index (χ0v) is 15.5. The highest BCUT2D eigenvalue weighted by Crippen LogP contribution is 2.17. The highest BCUT2D eigenvalue weighted by molar-refractivity contribution is 6.04. The fourth-order valence-electron chi connectivity index (χ4n) is 2.58. The van der Waals surface area contributed by atoms with Crippen LogP contribution in [-0.2, 0) is 4.74 Å². The summed E-state index contributed by atoms with van der Waals surface area (Å²) in [4.78, 5) is 32.4. The van der Waals surface area contributed by atoms with Gasteiger partial charge in [0.05, 0.1) is 24.3 Å². The van der Waals surface area contributed by atoms with Crippen LogP contribution < -0.4 is 10.6 Å². The normalized spacial score (nSPS) is 11.4. The van der Waals surface area contributed by atoms with Gasteiger partial charge in [-0.05, 0) is 30.7 Å². The summed E-state index contributed by atoms with van der Waals surface area (Å²) in [5, 5.41) is 5.91. The molecule has 3 aromatic rings. The second-order valence-electron chi connectivity index (χ2n) is 6.10. The molecule has 0 aliphatic carbocycles. The zero-order chi connectivity index (χ0) is 19.9. The molecule has 3 rings (SSSR count). The Hall–Kier alpha value is -3.74. The third kappa shape index (κ3) is 4.70. The first kappa shape index (κ1) is 19.0. The Morgan fingerprint density at radius 1 is 0.964 bits per heavy atom. The molecule has 7 heteroatoms. The molecule has 0 saturated heterocycles. The average Bonchev–Trinajstić information content (AvgIpc) is 2.74. The van der Waals surface area contributed by atoms with Crippen LogP contribution in [0.25, 0.3) is 0 Å². The van der Waals surface area contributed by atoms with Crippen LogP contribution in [0.4, 0.5) is 11.6 Å². The van der Waals surface area contributed by atoms with Crippen LogP contribution in [0.1, 0.15) is 39.2 Å². The van der Waals surface area contributed by atoms with Crippen molar-refractivity contribution in [2.24, 2.45) is 0 Å². The van der Waals surface area contributed by atoms with Crippen LogP contribution in [0.15, 0.2) is 67.0 Å². The topological polar surface area (TPSA) is 93.2 Å². The number of esters is 1. The molecule has 1 unspecified atom stereocenters. The predicted octanol–water partition coefficient (Wildman–Crippen LogP) is 3.69. The van der Waals surface area contributed by atoms with Gasteiger partial charge in [0.1, 0.15) is 0 Å². The number of ether oxygens (including phenoxy) is 1. The molecular weight excluding hydrogens is 356 g/mol. The van der Waals surface area contributed by atoms with Gasteiger partial charge in [0.2, 0.25) is 5.95 Å². The number of nitrogens with one attached hydrogen (secondary N) is 2. The van der Waals surface area contributed by atoms with E-state index in [2.05, 4.69) is 25.3 Å².